The summed E-state index contributed by atoms with van der Waals surface area (Å²) in [6.07, 6.45) is 6.87. The number of carbonyl (C=O) groups excluding carboxylic acids is 2. The zero-order chi connectivity index (χ0) is 21.6. The number of hydrogen-bond acceptors (Lipinski definition) is 5. The Morgan fingerprint density at radius 2 is 1.87 bits per heavy atom. The second kappa shape index (κ2) is 10.1. The largest absolute Gasteiger partial charge is 0.494 e. The molecule has 1 aliphatic heterocycles. The van der Waals surface area contributed by atoms with Gasteiger partial charge < -0.3 is 9.64 Å². The third kappa shape index (κ3) is 5.35. The summed E-state index contributed by atoms with van der Waals surface area (Å²) in [6.45, 7) is 5.43. The number of rotatable bonds is 8. The van der Waals surface area contributed by atoms with E-state index in [1.54, 1.807) is 12.1 Å². The summed E-state index contributed by atoms with van der Waals surface area (Å²) in [6, 6.07) is 11.6. The van der Waals surface area contributed by atoms with Gasteiger partial charge in [-0.15, -0.1) is 0 Å². The number of unbranched alkanes of at least 4 members (excludes halogenated alkanes) is 1. The first-order valence-electron chi connectivity index (χ1n) is 10.8. The minimum Gasteiger partial charge on any atom is -0.494 e. The normalized spacial score (nSPS) is 16.3. The smallest absolute Gasteiger partial charge is 0.160 e. The number of aldehydes is 1. The fourth-order valence-corrected chi connectivity index (χ4v) is 4.39. The summed E-state index contributed by atoms with van der Waals surface area (Å²) in [7, 11) is 0. The monoisotopic (exact) mass is 438 g/mol. The number of halogens is 1. The fraction of sp³-hybridized carbons (Fsp3) is 0.360. The summed E-state index contributed by atoms with van der Waals surface area (Å²) in [5.41, 5.74) is 3.65. The van der Waals surface area contributed by atoms with Gasteiger partial charge in [0, 0.05) is 38.3 Å². The number of allylic oxidation sites excluding steroid dienone is 1. The molecule has 0 N–H and O–H groups in total. The van der Waals surface area contributed by atoms with Crippen LogP contribution in [0, 0.1) is 0 Å². The molecule has 1 saturated heterocycles. The van der Waals surface area contributed by atoms with Gasteiger partial charge in [0.05, 0.1) is 17.2 Å². The predicted octanol–water partition coefficient (Wildman–Crippen LogP) is 4.27. The van der Waals surface area contributed by atoms with Crippen molar-refractivity contribution in [1.29, 1.82) is 0 Å². The van der Waals surface area contributed by atoms with Crippen molar-refractivity contribution >= 4 is 35.4 Å². The molecule has 1 aliphatic carbocycles. The van der Waals surface area contributed by atoms with Crippen LogP contribution in [0.3, 0.4) is 0 Å². The van der Waals surface area contributed by atoms with Gasteiger partial charge in [-0.3, -0.25) is 14.5 Å². The molecule has 0 unspecified atom stereocenters. The van der Waals surface area contributed by atoms with Crippen molar-refractivity contribution in [3.8, 4) is 5.75 Å². The lowest BCUT2D eigenvalue weighted by Crippen LogP contribution is -2.47. The van der Waals surface area contributed by atoms with Gasteiger partial charge in [0.2, 0.25) is 0 Å². The van der Waals surface area contributed by atoms with Crippen LogP contribution in [0.1, 0.15) is 34.3 Å². The third-order valence-electron chi connectivity index (χ3n) is 5.93. The Bertz CT molecular complexity index is 981. The maximum atomic E-state index is 11.6. The summed E-state index contributed by atoms with van der Waals surface area (Å²) in [5.74, 6) is 0.977. The number of carbonyl (C=O) groups is 2. The minimum absolute atomic E-state index is 0.141. The molecular weight excluding hydrogens is 412 g/mol. The van der Waals surface area contributed by atoms with Crippen molar-refractivity contribution in [2.24, 2.45) is 0 Å². The van der Waals surface area contributed by atoms with Crippen molar-refractivity contribution < 1.29 is 14.3 Å². The topological polar surface area (TPSA) is 49.9 Å². The van der Waals surface area contributed by atoms with E-state index in [-0.39, 0.29) is 5.78 Å². The van der Waals surface area contributed by atoms with Crippen molar-refractivity contribution in [2.75, 3.05) is 44.2 Å². The highest BCUT2D eigenvalue weighted by atomic mass is 35.5. The Labute approximate surface area is 188 Å². The highest BCUT2D eigenvalue weighted by Crippen LogP contribution is 2.27. The second-order valence-electron chi connectivity index (χ2n) is 8.01. The van der Waals surface area contributed by atoms with Crippen molar-refractivity contribution in [3.05, 3.63) is 64.2 Å². The van der Waals surface area contributed by atoms with Gasteiger partial charge in [-0.1, -0.05) is 29.8 Å². The first-order chi connectivity index (χ1) is 15.1. The zero-order valence-electron chi connectivity index (χ0n) is 17.6. The van der Waals surface area contributed by atoms with Crippen LogP contribution in [0.25, 0.3) is 6.08 Å². The summed E-state index contributed by atoms with van der Waals surface area (Å²) >= 11 is 6.16. The van der Waals surface area contributed by atoms with Gasteiger partial charge in [-0.05, 0) is 60.9 Å². The quantitative estimate of drug-likeness (QED) is 0.455. The van der Waals surface area contributed by atoms with Crippen molar-refractivity contribution in [3.63, 3.8) is 0 Å². The second-order valence-corrected chi connectivity index (χ2v) is 8.42. The molecule has 162 valence electrons. The number of anilines is 1. The van der Waals surface area contributed by atoms with Crippen LogP contribution in [0.15, 0.2) is 42.5 Å². The van der Waals surface area contributed by atoms with E-state index >= 15 is 0 Å². The molecular formula is C25H27ClN2O3. The maximum absolute atomic E-state index is 11.6. The molecule has 0 atom stereocenters. The van der Waals surface area contributed by atoms with Crippen LogP contribution in [-0.2, 0) is 11.2 Å². The van der Waals surface area contributed by atoms with Gasteiger partial charge in [0.1, 0.15) is 5.75 Å². The lowest BCUT2D eigenvalue weighted by Gasteiger charge is -2.36. The molecule has 0 amide bonds. The Morgan fingerprint density at radius 1 is 1.03 bits per heavy atom. The van der Waals surface area contributed by atoms with E-state index in [0.29, 0.717) is 23.6 Å². The van der Waals surface area contributed by atoms with E-state index in [9.17, 15) is 9.59 Å². The lowest BCUT2D eigenvalue weighted by molar-refractivity contribution is -0.114. The third-order valence-corrected chi connectivity index (χ3v) is 6.26. The highest BCUT2D eigenvalue weighted by Gasteiger charge is 2.20. The highest BCUT2D eigenvalue weighted by molar-refractivity contribution is 6.33. The summed E-state index contributed by atoms with van der Waals surface area (Å²) in [5, 5.41) is 0.511. The standard InChI is InChI=1S/C25H27ClN2O3/c26-24-4-3-5-25(23(24)18-29)28-13-11-27(12-14-28)10-1-2-15-31-22-9-7-19-6-8-21(30)16-20(19)17-22/h3-9,17-18H,1-2,10-16H2. The number of hydrogen-bond donors (Lipinski definition) is 0. The fourth-order valence-electron chi connectivity index (χ4n) is 4.17. The van der Waals surface area contributed by atoms with Crippen LogP contribution in [0.2, 0.25) is 5.02 Å². The molecule has 1 heterocycles. The molecule has 0 spiro atoms. The Morgan fingerprint density at radius 3 is 2.68 bits per heavy atom. The average molecular weight is 439 g/mol. The number of piperazine rings is 1. The maximum Gasteiger partial charge on any atom is 0.160 e. The van der Waals surface area contributed by atoms with Gasteiger partial charge in [-0.2, -0.15) is 0 Å². The molecule has 31 heavy (non-hydrogen) atoms. The zero-order valence-corrected chi connectivity index (χ0v) is 18.3. The lowest BCUT2D eigenvalue weighted by atomic mass is 9.96. The number of ketones is 1. The van der Waals surface area contributed by atoms with Gasteiger partial charge in [0.15, 0.2) is 12.1 Å². The number of nitrogens with zero attached hydrogens (tertiary/aromatic N) is 2. The number of ether oxygens (including phenoxy) is 1. The van der Waals surface area contributed by atoms with E-state index < -0.39 is 0 Å². The molecule has 0 bridgehead atoms. The van der Waals surface area contributed by atoms with Gasteiger partial charge in [-0.25, -0.2) is 0 Å². The summed E-state index contributed by atoms with van der Waals surface area (Å²) in [4.78, 5) is 27.7. The number of benzene rings is 2. The van der Waals surface area contributed by atoms with Crippen LogP contribution in [0.4, 0.5) is 5.69 Å². The molecule has 0 radical (unpaired) electrons. The van der Waals surface area contributed by atoms with Gasteiger partial charge in [0.25, 0.3) is 0 Å². The molecule has 2 aromatic rings. The van der Waals surface area contributed by atoms with Crippen LogP contribution in [-0.4, -0.2) is 56.3 Å². The minimum atomic E-state index is 0.141. The molecule has 4 rings (SSSR count). The number of fused-ring (bicyclic) bond motifs is 1. The predicted molar refractivity (Wildman–Crippen MR) is 124 cm³/mol. The summed E-state index contributed by atoms with van der Waals surface area (Å²) < 4.78 is 5.90. The first-order valence-corrected chi connectivity index (χ1v) is 11.2. The average Bonchev–Trinajstić information content (AvgIpc) is 2.79. The molecule has 6 heteroatoms. The first kappa shape index (κ1) is 21.6. The van der Waals surface area contributed by atoms with E-state index in [0.717, 1.165) is 74.4 Å². The molecule has 2 aromatic carbocycles. The van der Waals surface area contributed by atoms with Gasteiger partial charge >= 0.3 is 0 Å². The van der Waals surface area contributed by atoms with Crippen molar-refractivity contribution in [1.82, 2.24) is 4.90 Å². The molecule has 2 aliphatic rings. The molecule has 0 saturated carbocycles. The molecule has 5 nitrogen and oxygen atoms in total. The van der Waals surface area contributed by atoms with Crippen LogP contribution < -0.4 is 9.64 Å². The van der Waals surface area contributed by atoms with E-state index in [1.807, 2.05) is 36.4 Å². The van der Waals surface area contributed by atoms with Crippen molar-refractivity contribution in [2.45, 2.75) is 19.3 Å². The molecule has 1 fully saturated rings. The van der Waals surface area contributed by atoms with Crippen LogP contribution >= 0.6 is 11.6 Å². The Kier molecular flexibility index (Phi) is 7.05. The Hall–Kier alpha value is -2.63. The van der Waals surface area contributed by atoms with Crippen LogP contribution in [0.5, 0.6) is 5.75 Å². The van der Waals surface area contributed by atoms with E-state index in [1.165, 1.54) is 0 Å². The SMILES string of the molecule is O=Cc1c(Cl)cccc1N1CCN(CCCCOc2ccc3c(c2)CC(=O)C=C3)CC1. The van der Waals surface area contributed by atoms with E-state index in [4.69, 9.17) is 16.3 Å². The van der Waals surface area contributed by atoms with E-state index in [2.05, 4.69) is 9.80 Å². The molecule has 0 aromatic heterocycles. The Balaban J connectivity index is 1.17.